The third-order valence-electron chi connectivity index (χ3n) is 3.83. The van der Waals surface area contributed by atoms with Crippen molar-refractivity contribution in [2.75, 3.05) is 25.9 Å². The normalized spacial score (nSPS) is 25.5. The standard InChI is InChI=1S/C12H20N2O3S/c1-18-9-4-7-13(8-5-9)12(17)14-6-2-3-10(14)11(15)16/h9-10H,2-8H2,1H3,(H,15,16). The molecule has 2 amide bonds. The number of amides is 2. The minimum atomic E-state index is -0.875. The van der Waals surface area contributed by atoms with E-state index in [1.165, 1.54) is 4.90 Å². The van der Waals surface area contributed by atoms with E-state index >= 15 is 0 Å². The number of hydrogen-bond donors (Lipinski definition) is 1. The average Bonchev–Trinajstić information content (AvgIpc) is 2.87. The Hall–Kier alpha value is -0.910. The van der Waals surface area contributed by atoms with Crippen molar-refractivity contribution in [3.05, 3.63) is 0 Å². The first-order valence-corrected chi connectivity index (χ1v) is 7.73. The Morgan fingerprint density at radius 3 is 2.39 bits per heavy atom. The molecule has 1 atom stereocenters. The van der Waals surface area contributed by atoms with Crippen LogP contribution in [0.4, 0.5) is 4.79 Å². The van der Waals surface area contributed by atoms with E-state index in [1.54, 1.807) is 0 Å². The predicted molar refractivity (Wildman–Crippen MR) is 70.9 cm³/mol. The Bertz CT molecular complexity index is 329. The van der Waals surface area contributed by atoms with E-state index in [-0.39, 0.29) is 6.03 Å². The lowest BCUT2D eigenvalue weighted by molar-refractivity contribution is -0.141. The van der Waals surface area contributed by atoms with Gasteiger partial charge in [0.1, 0.15) is 6.04 Å². The fourth-order valence-corrected chi connectivity index (χ4v) is 3.40. The van der Waals surface area contributed by atoms with Crippen molar-refractivity contribution in [2.24, 2.45) is 0 Å². The van der Waals surface area contributed by atoms with Gasteiger partial charge < -0.3 is 14.9 Å². The van der Waals surface area contributed by atoms with Crippen molar-refractivity contribution < 1.29 is 14.7 Å². The zero-order valence-electron chi connectivity index (χ0n) is 10.7. The summed E-state index contributed by atoms with van der Waals surface area (Å²) in [5.74, 6) is -0.875. The van der Waals surface area contributed by atoms with Crippen LogP contribution in [0.3, 0.4) is 0 Å². The topological polar surface area (TPSA) is 60.9 Å². The molecule has 0 aromatic heterocycles. The third-order valence-corrected chi connectivity index (χ3v) is 4.97. The summed E-state index contributed by atoms with van der Waals surface area (Å²) in [6.45, 7) is 2.10. The molecule has 102 valence electrons. The van der Waals surface area contributed by atoms with Gasteiger partial charge in [0.15, 0.2) is 0 Å². The molecule has 18 heavy (non-hydrogen) atoms. The Kier molecular flexibility index (Phi) is 4.37. The fraction of sp³-hybridized carbons (Fsp3) is 0.833. The quantitative estimate of drug-likeness (QED) is 0.827. The van der Waals surface area contributed by atoms with E-state index in [9.17, 15) is 9.59 Å². The van der Waals surface area contributed by atoms with Crippen LogP contribution in [-0.2, 0) is 4.79 Å². The molecule has 1 N–H and O–H groups in total. The summed E-state index contributed by atoms with van der Waals surface area (Å²) in [7, 11) is 0. The molecule has 0 saturated carbocycles. The van der Waals surface area contributed by atoms with Crippen molar-refractivity contribution in [2.45, 2.75) is 37.0 Å². The Labute approximate surface area is 112 Å². The molecule has 2 fully saturated rings. The number of carboxylic acid groups (broad SMARTS) is 1. The number of carboxylic acids is 1. The van der Waals surface area contributed by atoms with Gasteiger partial charge in [0, 0.05) is 24.9 Å². The van der Waals surface area contributed by atoms with Gasteiger partial charge in [0.05, 0.1) is 0 Å². The van der Waals surface area contributed by atoms with Crippen molar-refractivity contribution in [3.8, 4) is 0 Å². The van der Waals surface area contributed by atoms with Crippen molar-refractivity contribution in [1.82, 2.24) is 9.80 Å². The number of rotatable bonds is 2. The van der Waals surface area contributed by atoms with E-state index < -0.39 is 12.0 Å². The van der Waals surface area contributed by atoms with Gasteiger partial charge in [-0.1, -0.05) is 0 Å². The maximum absolute atomic E-state index is 12.3. The molecule has 1 unspecified atom stereocenters. The van der Waals surface area contributed by atoms with Crippen LogP contribution in [0.1, 0.15) is 25.7 Å². The Morgan fingerprint density at radius 1 is 1.17 bits per heavy atom. The van der Waals surface area contributed by atoms with Crippen molar-refractivity contribution in [3.63, 3.8) is 0 Å². The summed E-state index contributed by atoms with van der Waals surface area (Å²) in [6.07, 6.45) is 5.51. The van der Waals surface area contributed by atoms with Crippen LogP contribution >= 0.6 is 11.8 Å². The van der Waals surface area contributed by atoms with Crippen LogP contribution in [0.15, 0.2) is 0 Å². The fourth-order valence-electron chi connectivity index (χ4n) is 2.72. The molecule has 0 radical (unpaired) electrons. The predicted octanol–water partition coefficient (Wildman–Crippen LogP) is 1.48. The number of aliphatic carboxylic acids is 1. The highest BCUT2D eigenvalue weighted by Crippen LogP contribution is 2.24. The van der Waals surface area contributed by atoms with Crippen LogP contribution in [0.5, 0.6) is 0 Å². The Morgan fingerprint density at radius 2 is 1.83 bits per heavy atom. The summed E-state index contributed by atoms with van der Waals surface area (Å²) >= 11 is 1.85. The molecule has 0 aromatic rings. The van der Waals surface area contributed by atoms with E-state index in [4.69, 9.17) is 5.11 Å². The number of nitrogens with zero attached hydrogens (tertiary/aromatic N) is 2. The second kappa shape index (κ2) is 5.82. The number of urea groups is 1. The Balaban J connectivity index is 1.93. The molecule has 0 bridgehead atoms. The summed E-state index contributed by atoms with van der Waals surface area (Å²) in [6, 6.07) is -0.699. The molecule has 2 rings (SSSR count). The average molecular weight is 272 g/mol. The largest absolute Gasteiger partial charge is 0.480 e. The number of likely N-dealkylation sites (tertiary alicyclic amines) is 2. The first-order chi connectivity index (χ1) is 8.63. The molecule has 2 saturated heterocycles. The van der Waals surface area contributed by atoms with Gasteiger partial charge in [0.2, 0.25) is 0 Å². The highest BCUT2D eigenvalue weighted by atomic mass is 32.2. The molecule has 5 nitrogen and oxygen atoms in total. The molecule has 6 heteroatoms. The molecule has 0 spiro atoms. The lowest BCUT2D eigenvalue weighted by Gasteiger charge is -2.35. The number of thioether (sulfide) groups is 1. The third kappa shape index (κ3) is 2.74. The molecule has 0 aliphatic carbocycles. The number of piperidine rings is 1. The number of hydrogen-bond acceptors (Lipinski definition) is 3. The molecule has 2 aliphatic rings. The number of carbonyl (C=O) groups excluding carboxylic acids is 1. The molecular weight excluding hydrogens is 252 g/mol. The lowest BCUT2D eigenvalue weighted by atomic mass is 10.1. The zero-order chi connectivity index (χ0) is 13.1. The summed E-state index contributed by atoms with van der Waals surface area (Å²) in [4.78, 5) is 26.7. The van der Waals surface area contributed by atoms with Crippen LogP contribution < -0.4 is 0 Å². The van der Waals surface area contributed by atoms with E-state index in [2.05, 4.69) is 6.26 Å². The van der Waals surface area contributed by atoms with E-state index in [0.29, 0.717) is 18.2 Å². The van der Waals surface area contributed by atoms with E-state index in [0.717, 1.165) is 32.4 Å². The minimum Gasteiger partial charge on any atom is -0.480 e. The smallest absolute Gasteiger partial charge is 0.326 e. The highest BCUT2D eigenvalue weighted by Gasteiger charge is 2.36. The SMILES string of the molecule is CSC1CCN(C(=O)N2CCCC2C(=O)O)CC1. The molecule has 2 aliphatic heterocycles. The van der Waals surface area contributed by atoms with Gasteiger partial charge in [-0.2, -0.15) is 11.8 Å². The first kappa shape index (κ1) is 13.5. The summed E-state index contributed by atoms with van der Waals surface area (Å²) in [5.41, 5.74) is 0. The van der Waals surface area contributed by atoms with Gasteiger partial charge in [-0.3, -0.25) is 0 Å². The van der Waals surface area contributed by atoms with Gasteiger partial charge in [0.25, 0.3) is 0 Å². The van der Waals surface area contributed by atoms with Gasteiger partial charge in [-0.05, 0) is 31.9 Å². The maximum atomic E-state index is 12.3. The minimum absolute atomic E-state index is 0.0838. The van der Waals surface area contributed by atoms with Crippen LogP contribution in [0, 0.1) is 0 Å². The lowest BCUT2D eigenvalue weighted by Crippen LogP contribution is -2.50. The first-order valence-electron chi connectivity index (χ1n) is 6.44. The van der Waals surface area contributed by atoms with Gasteiger partial charge >= 0.3 is 12.0 Å². The van der Waals surface area contributed by atoms with Crippen LogP contribution in [-0.4, -0.2) is 64.1 Å². The van der Waals surface area contributed by atoms with E-state index in [1.807, 2.05) is 16.7 Å². The van der Waals surface area contributed by atoms with Gasteiger partial charge in [-0.15, -0.1) is 0 Å². The second-order valence-corrected chi connectivity index (χ2v) is 6.03. The maximum Gasteiger partial charge on any atom is 0.326 e. The molecular formula is C12H20N2O3S. The van der Waals surface area contributed by atoms with Crippen LogP contribution in [0.25, 0.3) is 0 Å². The highest BCUT2D eigenvalue weighted by molar-refractivity contribution is 7.99. The zero-order valence-corrected chi connectivity index (χ0v) is 11.5. The summed E-state index contributed by atoms with van der Waals surface area (Å²) in [5, 5.41) is 9.74. The van der Waals surface area contributed by atoms with Crippen molar-refractivity contribution >= 4 is 23.8 Å². The summed E-state index contributed by atoms with van der Waals surface area (Å²) < 4.78 is 0. The number of carbonyl (C=O) groups is 2. The molecule has 0 aromatic carbocycles. The van der Waals surface area contributed by atoms with Gasteiger partial charge in [-0.25, -0.2) is 9.59 Å². The molecule has 2 heterocycles. The van der Waals surface area contributed by atoms with Crippen LogP contribution in [0.2, 0.25) is 0 Å². The second-order valence-electron chi connectivity index (χ2n) is 4.89. The monoisotopic (exact) mass is 272 g/mol. The van der Waals surface area contributed by atoms with Crippen molar-refractivity contribution in [1.29, 1.82) is 0 Å².